The number of nitrogens with two attached hydrogens (primary N) is 1. The van der Waals surface area contributed by atoms with E-state index in [1.54, 1.807) is 25.3 Å². The van der Waals surface area contributed by atoms with Crippen LogP contribution in [-0.4, -0.2) is 7.11 Å². The number of anilines is 3. The molecule has 2 aromatic rings. The fourth-order valence-electron chi connectivity index (χ4n) is 1.56. The maximum Gasteiger partial charge on any atom is 0.146 e. The lowest BCUT2D eigenvalue weighted by atomic mass is 10.2. The molecule has 0 aliphatic carbocycles. The summed E-state index contributed by atoms with van der Waals surface area (Å²) in [7, 11) is 1.54. The standard InChI is InChI=1S/C13H12ClFN2O/c1-18-11-6-9(16)5-10(7-11)17-13-4-8(14)2-3-12(13)15/h2-7,17H,16H2,1H3. The number of methoxy groups -OCH3 is 1. The number of benzene rings is 2. The van der Waals surface area contributed by atoms with Crippen LogP contribution < -0.4 is 15.8 Å². The maximum absolute atomic E-state index is 13.6. The second-order valence-electron chi connectivity index (χ2n) is 3.74. The Labute approximate surface area is 109 Å². The summed E-state index contributed by atoms with van der Waals surface area (Å²) in [5.74, 6) is 0.209. The van der Waals surface area contributed by atoms with Gasteiger partial charge in [0.1, 0.15) is 11.6 Å². The summed E-state index contributed by atoms with van der Waals surface area (Å²) in [5, 5.41) is 3.36. The molecule has 0 aliphatic heterocycles. The summed E-state index contributed by atoms with van der Waals surface area (Å²) in [5.41, 5.74) is 7.16. The lowest BCUT2D eigenvalue weighted by molar-refractivity contribution is 0.415. The van der Waals surface area contributed by atoms with Gasteiger partial charge in [-0.05, 0) is 24.3 Å². The summed E-state index contributed by atoms with van der Waals surface area (Å²) < 4.78 is 18.6. The Bertz CT molecular complexity index is 575. The van der Waals surface area contributed by atoms with Gasteiger partial charge in [-0.15, -0.1) is 0 Å². The zero-order valence-corrected chi connectivity index (χ0v) is 10.5. The smallest absolute Gasteiger partial charge is 0.146 e. The Hall–Kier alpha value is -1.94. The summed E-state index contributed by atoms with van der Waals surface area (Å²) in [6.07, 6.45) is 0. The van der Waals surface area contributed by atoms with Gasteiger partial charge in [-0.25, -0.2) is 4.39 Å². The third-order valence-corrected chi connectivity index (χ3v) is 2.61. The predicted octanol–water partition coefficient (Wildman–Crippen LogP) is 3.81. The lowest BCUT2D eigenvalue weighted by Gasteiger charge is -2.10. The highest BCUT2D eigenvalue weighted by molar-refractivity contribution is 6.30. The van der Waals surface area contributed by atoms with Crippen molar-refractivity contribution in [2.24, 2.45) is 0 Å². The molecule has 0 radical (unpaired) electrons. The maximum atomic E-state index is 13.6. The van der Waals surface area contributed by atoms with Crippen LogP contribution >= 0.6 is 11.6 Å². The molecule has 94 valence electrons. The minimum absolute atomic E-state index is 0.287. The molecule has 0 aromatic heterocycles. The van der Waals surface area contributed by atoms with Crippen molar-refractivity contribution in [2.45, 2.75) is 0 Å². The second kappa shape index (κ2) is 5.14. The van der Waals surface area contributed by atoms with Crippen LogP contribution in [0.25, 0.3) is 0 Å². The molecule has 0 atom stereocenters. The summed E-state index contributed by atoms with van der Waals surface area (Å²) in [6, 6.07) is 9.38. The molecule has 0 saturated carbocycles. The second-order valence-corrected chi connectivity index (χ2v) is 4.18. The topological polar surface area (TPSA) is 47.3 Å². The number of ether oxygens (including phenoxy) is 1. The van der Waals surface area contributed by atoms with Crippen LogP contribution in [0.1, 0.15) is 0 Å². The number of hydrogen-bond acceptors (Lipinski definition) is 3. The summed E-state index contributed by atoms with van der Waals surface area (Å²) in [6.45, 7) is 0. The van der Waals surface area contributed by atoms with Crippen LogP contribution in [0, 0.1) is 5.82 Å². The van der Waals surface area contributed by atoms with Gasteiger partial charge in [-0.1, -0.05) is 11.6 Å². The van der Waals surface area contributed by atoms with Gasteiger partial charge in [-0.3, -0.25) is 0 Å². The van der Waals surface area contributed by atoms with E-state index in [2.05, 4.69) is 5.32 Å². The average molecular weight is 267 g/mol. The van der Waals surface area contributed by atoms with Gasteiger partial charge in [0.2, 0.25) is 0 Å². The predicted molar refractivity (Wildman–Crippen MR) is 72.1 cm³/mol. The molecule has 18 heavy (non-hydrogen) atoms. The molecule has 0 fully saturated rings. The van der Waals surface area contributed by atoms with Gasteiger partial charge >= 0.3 is 0 Å². The van der Waals surface area contributed by atoms with Crippen molar-refractivity contribution in [1.29, 1.82) is 0 Å². The molecule has 2 aromatic carbocycles. The van der Waals surface area contributed by atoms with Crippen molar-refractivity contribution in [3.63, 3.8) is 0 Å². The van der Waals surface area contributed by atoms with Crippen molar-refractivity contribution in [3.8, 4) is 5.75 Å². The van der Waals surface area contributed by atoms with E-state index in [4.69, 9.17) is 22.1 Å². The van der Waals surface area contributed by atoms with E-state index in [-0.39, 0.29) is 11.5 Å². The molecule has 0 unspecified atom stereocenters. The van der Waals surface area contributed by atoms with Gasteiger partial charge in [-0.2, -0.15) is 0 Å². The van der Waals surface area contributed by atoms with Crippen molar-refractivity contribution in [3.05, 3.63) is 47.2 Å². The van der Waals surface area contributed by atoms with E-state index in [0.29, 0.717) is 22.1 Å². The normalized spacial score (nSPS) is 10.2. The van der Waals surface area contributed by atoms with Crippen LogP contribution in [0.3, 0.4) is 0 Å². The zero-order chi connectivity index (χ0) is 13.1. The van der Waals surface area contributed by atoms with Crippen molar-refractivity contribution in [2.75, 3.05) is 18.2 Å². The molecule has 0 heterocycles. The van der Waals surface area contributed by atoms with Gasteiger partial charge in [0.05, 0.1) is 12.8 Å². The molecule has 3 N–H and O–H groups in total. The Kier molecular flexibility index (Phi) is 3.58. The Balaban J connectivity index is 2.33. The van der Waals surface area contributed by atoms with Crippen LogP contribution in [0.4, 0.5) is 21.5 Å². The van der Waals surface area contributed by atoms with E-state index >= 15 is 0 Å². The Morgan fingerprint density at radius 3 is 2.72 bits per heavy atom. The average Bonchev–Trinajstić information content (AvgIpc) is 2.33. The van der Waals surface area contributed by atoms with Crippen molar-refractivity contribution >= 4 is 28.7 Å². The van der Waals surface area contributed by atoms with Crippen molar-refractivity contribution < 1.29 is 9.13 Å². The zero-order valence-electron chi connectivity index (χ0n) is 9.71. The molecule has 0 amide bonds. The first-order chi connectivity index (χ1) is 8.58. The van der Waals surface area contributed by atoms with Crippen LogP contribution in [0.15, 0.2) is 36.4 Å². The van der Waals surface area contributed by atoms with Gasteiger partial charge < -0.3 is 15.8 Å². The quantitative estimate of drug-likeness (QED) is 0.831. The highest BCUT2D eigenvalue weighted by Crippen LogP contribution is 2.27. The molecular formula is C13H12ClFN2O. The third kappa shape index (κ3) is 2.84. The van der Waals surface area contributed by atoms with E-state index in [1.807, 2.05) is 0 Å². The first kappa shape index (κ1) is 12.5. The van der Waals surface area contributed by atoms with E-state index in [1.165, 1.54) is 18.2 Å². The van der Waals surface area contributed by atoms with Crippen LogP contribution in [-0.2, 0) is 0 Å². The highest BCUT2D eigenvalue weighted by Gasteiger charge is 2.05. The molecular weight excluding hydrogens is 255 g/mol. The number of nitrogens with one attached hydrogen (secondary N) is 1. The minimum atomic E-state index is -0.388. The highest BCUT2D eigenvalue weighted by atomic mass is 35.5. The fourth-order valence-corrected chi connectivity index (χ4v) is 1.73. The summed E-state index contributed by atoms with van der Waals surface area (Å²) in [4.78, 5) is 0. The molecule has 0 spiro atoms. The molecule has 2 rings (SSSR count). The van der Waals surface area contributed by atoms with E-state index in [0.717, 1.165) is 0 Å². The first-order valence-electron chi connectivity index (χ1n) is 5.25. The first-order valence-corrected chi connectivity index (χ1v) is 5.63. The number of hydrogen-bond donors (Lipinski definition) is 2. The summed E-state index contributed by atoms with van der Waals surface area (Å²) >= 11 is 5.82. The number of nitrogen functional groups attached to an aromatic ring is 1. The van der Waals surface area contributed by atoms with Gasteiger partial charge in [0, 0.05) is 28.5 Å². The Morgan fingerprint density at radius 2 is 2.00 bits per heavy atom. The van der Waals surface area contributed by atoms with Crippen molar-refractivity contribution in [1.82, 2.24) is 0 Å². The van der Waals surface area contributed by atoms with Crippen LogP contribution in [0.5, 0.6) is 5.75 Å². The molecule has 3 nitrogen and oxygen atoms in total. The largest absolute Gasteiger partial charge is 0.497 e. The molecule has 0 saturated heterocycles. The van der Waals surface area contributed by atoms with Gasteiger partial charge in [0.15, 0.2) is 0 Å². The number of rotatable bonds is 3. The molecule has 5 heteroatoms. The molecule has 0 bridgehead atoms. The van der Waals surface area contributed by atoms with Gasteiger partial charge in [0.25, 0.3) is 0 Å². The Morgan fingerprint density at radius 1 is 1.22 bits per heavy atom. The van der Waals surface area contributed by atoms with Crippen LogP contribution in [0.2, 0.25) is 5.02 Å². The van der Waals surface area contributed by atoms with E-state index in [9.17, 15) is 4.39 Å². The number of halogens is 2. The monoisotopic (exact) mass is 266 g/mol. The fraction of sp³-hybridized carbons (Fsp3) is 0.0769. The SMILES string of the molecule is COc1cc(N)cc(Nc2cc(Cl)ccc2F)c1. The third-order valence-electron chi connectivity index (χ3n) is 2.37. The van der Waals surface area contributed by atoms with E-state index < -0.39 is 0 Å². The minimum Gasteiger partial charge on any atom is -0.497 e. The molecule has 0 aliphatic rings. The lowest BCUT2D eigenvalue weighted by Crippen LogP contribution is -1.96.